The van der Waals surface area contributed by atoms with Crippen molar-refractivity contribution in [3.05, 3.63) is 71.6 Å². The molecular formula is C19H13ClN6. The fourth-order valence-corrected chi connectivity index (χ4v) is 3.25. The zero-order valence-electron chi connectivity index (χ0n) is 13.8. The molecule has 5 rings (SSSR count). The molecule has 0 aliphatic heterocycles. The zero-order chi connectivity index (χ0) is 17.7. The maximum absolute atomic E-state index is 6.28. The van der Waals surface area contributed by atoms with Crippen LogP contribution in [0.2, 0.25) is 5.02 Å². The molecule has 2 aromatic carbocycles. The van der Waals surface area contributed by atoms with Gasteiger partial charge in [-0.3, -0.25) is 0 Å². The van der Waals surface area contributed by atoms with Crippen molar-refractivity contribution in [2.45, 2.75) is 6.92 Å². The summed E-state index contributed by atoms with van der Waals surface area (Å²) in [7, 11) is 0. The summed E-state index contributed by atoms with van der Waals surface area (Å²) in [6.07, 6.45) is 3.42. The minimum atomic E-state index is 0.563. The minimum absolute atomic E-state index is 0.563. The van der Waals surface area contributed by atoms with Gasteiger partial charge in [-0.25, -0.2) is 19.2 Å². The standard InChI is InChI=1S/C19H13ClN6/c1-12-5-4-6-13(9-12)26-18-15(10-22-26)19-23-17(24-25(19)11-21-18)14-7-2-3-8-16(14)20/h2-11H,1H3. The smallest absolute Gasteiger partial charge is 0.183 e. The number of aromatic nitrogens is 6. The van der Waals surface area contributed by atoms with E-state index >= 15 is 0 Å². The van der Waals surface area contributed by atoms with Crippen molar-refractivity contribution in [2.75, 3.05) is 0 Å². The average Bonchev–Trinajstić information content (AvgIpc) is 3.25. The fourth-order valence-electron chi connectivity index (χ4n) is 3.03. The zero-order valence-corrected chi connectivity index (χ0v) is 14.6. The molecule has 0 fully saturated rings. The predicted octanol–water partition coefficient (Wildman–Crippen LogP) is 4.09. The highest BCUT2D eigenvalue weighted by Gasteiger charge is 2.15. The van der Waals surface area contributed by atoms with E-state index in [1.807, 2.05) is 41.1 Å². The normalized spacial score (nSPS) is 11.5. The van der Waals surface area contributed by atoms with Gasteiger partial charge >= 0.3 is 0 Å². The number of nitrogens with zero attached hydrogens (tertiary/aromatic N) is 6. The van der Waals surface area contributed by atoms with Crippen LogP contribution in [0.15, 0.2) is 61.1 Å². The van der Waals surface area contributed by atoms with E-state index in [1.165, 1.54) is 0 Å². The Morgan fingerprint density at radius 3 is 2.73 bits per heavy atom. The maximum Gasteiger partial charge on any atom is 0.183 e. The Labute approximate surface area is 153 Å². The fraction of sp³-hybridized carbons (Fsp3) is 0.0526. The van der Waals surface area contributed by atoms with Crippen LogP contribution in [0.1, 0.15) is 5.56 Å². The number of halogens is 1. The van der Waals surface area contributed by atoms with Gasteiger partial charge in [0.2, 0.25) is 0 Å². The number of hydrogen-bond acceptors (Lipinski definition) is 4. The average molecular weight is 361 g/mol. The Bertz CT molecular complexity index is 1270. The van der Waals surface area contributed by atoms with Crippen LogP contribution in [-0.4, -0.2) is 29.4 Å². The van der Waals surface area contributed by atoms with Crippen molar-refractivity contribution in [1.82, 2.24) is 29.4 Å². The first-order chi connectivity index (χ1) is 12.7. The highest BCUT2D eigenvalue weighted by Crippen LogP contribution is 2.27. The molecule has 0 saturated carbocycles. The van der Waals surface area contributed by atoms with Crippen molar-refractivity contribution in [3.63, 3.8) is 0 Å². The lowest BCUT2D eigenvalue weighted by Gasteiger charge is -2.03. The molecule has 7 heteroatoms. The predicted molar refractivity (Wildman–Crippen MR) is 101 cm³/mol. The van der Waals surface area contributed by atoms with E-state index in [1.54, 1.807) is 17.0 Å². The second kappa shape index (κ2) is 5.64. The van der Waals surface area contributed by atoms with Crippen LogP contribution in [0, 0.1) is 6.92 Å². The molecule has 0 aliphatic rings. The quantitative estimate of drug-likeness (QED) is 0.475. The van der Waals surface area contributed by atoms with E-state index in [4.69, 9.17) is 11.6 Å². The van der Waals surface area contributed by atoms with Crippen LogP contribution in [0.3, 0.4) is 0 Å². The minimum Gasteiger partial charge on any atom is -0.216 e. The van der Waals surface area contributed by atoms with Gasteiger partial charge < -0.3 is 0 Å². The number of hydrogen-bond donors (Lipinski definition) is 0. The first kappa shape index (κ1) is 15.0. The molecule has 126 valence electrons. The second-order valence-electron chi connectivity index (χ2n) is 6.06. The summed E-state index contributed by atoms with van der Waals surface area (Å²) in [5, 5.41) is 10.5. The first-order valence-electron chi connectivity index (χ1n) is 8.12. The Balaban J connectivity index is 1.73. The molecule has 0 bridgehead atoms. The van der Waals surface area contributed by atoms with Crippen molar-refractivity contribution in [2.24, 2.45) is 0 Å². The van der Waals surface area contributed by atoms with E-state index in [-0.39, 0.29) is 0 Å². The first-order valence-corrected chi connectivity index (χ1v) is 8.49. The Morgan fingerprint density at radius 2 is 1.88 bits per heavy atom. The number of aryl methyl sites for hydroxylation is 1. The number of rotatable bonds is 2. The molecule has 3 aromatic heterocycles. The number of fused-ring (bicyclic) bond motifs is 3. The topological polar surface area (TPSA) is 60.9 Å². The van der Waals surface area contributed by atoms with E-state index < -0.39 is 0 Å². The van der Waals surface area contributed by atoms with Crippen LogP contribution in [0.4, 0.5) is 0 Å². The summed E-state index contributed by atoms with van der Waals surface area (Å²) in [5.41, 5.74) is 4.35. The van der Waals surface area contributed by atoms with Gasteiger partial charge in [0.15, 0.2) is 17.1 Å². The molecule has 5 aromatic rings. The SMILES string of the molecule is Cc1cccc(-n2ncc3c2ncn2nc(-c4ccccc4Cl)nc32)c1. The summed E-state index contributed by atoms with van der Waals surface area (Å²) in [5.74, 6) is 0.563. The molecule has 26 heavy (non-hydrogen) atoms. The van der Waals surface area contributed by atoms with Crippen LogP contribution in [0.25, 0.3) is 33.8 Å². The summed E-state index contributed by atoms with van der Waals surface area (Å²) < 4.78 is 3.47. The van der Waals surface area contributed by atoms with Crippen molar-refractivity contribution >= 4 is 28.3 Å². The lowest BCUT2D eigenvalue weighted by molar-refractivity contribution is 0.881. The Morgan fingerprint density at radius 1 is 1.00 bits per heavy atom. The van der Waals surface area contributed by atoms with Gasteiger partial charge in [-0.2, -0.15) is 5.10 Å². The monoisotopic (exact) mass is 360 g/mol. The molecule has 0 unspecified atom stereocenters. The van der Waals surface area contributed by atoms with Gasteiger partial charge in [0.05, 0.1) is 22.3 Å². The molecule has 0 spiro atoms. The maximum atomic E-state index is 6.28. The summed E-state index contributed by atoms with van der Waals surface area (Å²) >= 11 is 6.28. The third kappa shape index (κ3) is 2.27. The molecule has 0 saturated heterocycles. The van der Waals surface area contributed by atoms with E-state index in [9.17, 15) is 0 Å². The van der Waals surface area contributed by atoms with Crippen LogP contribution < -0.4 is 0 Å². The summed E-state index contributed by atoms with van der Waals surface area (Å²) in [6, 6.07) is 15.6. The molecule has 0 aliphatic carbocycles. The Kier molecular flexibility index (Phi) is 3.26. The van der Waals surface area contributed by atoms with Gasteiger partial charge in [0.25, 0.3) is 0 Å². The third-order valence-corrected chi connectivity index (χ3v) is 4.60. The van der Waals surface area contributed by atoms with Crippen LogP contribution in [0.5, 0.6) is 0 Å². The van der Waals surface area contributed by atoms with Gasteiger partial charge in [-0.05, 0) is 36.8 Å². The van der Waals surface area contributed by atoms with Crippen molar-refractivity contribution in [1.29, 1.82) is 0 Å². The largest absolute Gasteiger partial charge is 0.216 e. The lowest BCUT2D eigenvalue weighted by Crippen LogP contribution is -1.99. The van der Waals surface area contributed by atoms with E-state index in [0.717, 1.165) is 27.8 Å². The summed E-state index contributed by atoms with van der Waals surface area (Å²) in [6.45, 7) is 2.05. The van der Waals surface area contributed by atoms with Crippen LogP contribution >= 0.6 is 11.6 Å². The van der Waals surface area contributed by atoms with Gasteiger partial charge in [0, 0.05) is 5.56 Å². The molecule has 0 radical (unpaired) electrons. The van der Waals surface area contributed by atoms with E-state index in [0.29, 0.717) is 16.5 Å². The molecule has 0 amide bonds. The molecule has 6 nitrogen and oxygen atoms in total. The molecule has 0 N–H and O–H groups in total. The van der Waals surface area contributed by atoms with Crippen LogP contribution in [-0.2, 0) is 0 Å². The lowest BCUT2D eigenvalue weighted by atomic mass is 10.2. The highest BCUT2D eigenvalue weighted by atomic mass is 35.5. The highest BCUT2D eigenvalue weighted by molar-refractivity contribution is 6.33. The van der Waals surface area contributed by atoms with E-state index in [2.05, 4.69) is 39.2 Å². The molecule has 0 atom stereocenters. The van der Waals surface area contributed by atoms with Crippen molar-refractivity contribution in [3.8, 4) is 17.1 Å². The van der Waals surface area contributed by atoms with Gasteiger partial charge in [-0.15, -0.1) is 5.10 Å². The summed E-state index contributed by atoms with van der Waals surface area (Å²) in [4.78, 5) is 9.20. The molecule has 3 heterocycles. The van der Waals surface area contributed by atoms with Gasteiger partial charge in [-0.1, -0.05) is 35.9 Å². The third-order valence-electron chi connectivity index (χ3n) is 4.27. The Hall–Kier alpha value is -3.25. The van der Waals surface area contributed by atoms with Crippen molar-refractivity contribution < 1.29 is 0 Å². The molecular weight excluding hydrogens is 348 g/mol. The second-order valence-corrected chi connectivity index (χ2v) is 6.47. The number of benzene rings is 2. The van der Waals surface area contributed by atoms with Gasteiger partial charge in [0.1, 0.15) is 6.33 Å².